The van der Waals surface area contributed by atoms with Gasteiger partial charge in [0.2, 0.25) is 0 Å². The molecule has 3 heteroatoms. The van der Waals surface area contributed by atoms with Gasteiger partial charge in [-0.3, -0.25) is 4.99 Å². The number of aliphatic imine (C=N–C) groups is 1. The Morgan fingerprint density at radius 2 is 1.81 bits per heavy atom. The van der Waals surface area contributed by atoms with Gasteiger partial charge in [-0.15, -0.1) is 0 Å². The van der Waals surface area contributed by atoms with Crippen LogP contribution in [0.5, 0.6) is 11.5 Å². The highest BCUT2D eigenvalue weighted by Gasteiger charge is 2.21. The molecule has 0 unspecified atom stereocenters. The van der Waals surface area contributed by atoms with E-state index < -0.39 is 0 Å². The van der Waals surface area contributed by atoms with E-state index in [0.29, 0.717) is 0 Å². The van der Waals surface area contributed by atoms with Gasteiger partial charge in [-0.2, -0.15) is 0 Å². The van der Waals surface area contributed by atoms with Crippen molar-refractivity contribution in [3.63, 3.8) is 0 Å². The summed E-state index contributed by atoms with van der Waals surface area (Å²) >= 11 is 0. The van der Waals surface area contributed by atoms with Crippen LogP contribution in [0.4, 0.5) is 0 Å². The van der Waals surface area contributed by atoms with E-state index in [-0.39, 0.29) is 0 Å². The lowest BCUT2D eigenvalue weighted by atomic mass is 9.92. The molecule has 0 atom stereocenters. The summed E-state index contributed by atoms with van der Waals surface area (Å²) in [6.45, 7) is 0.804. The summed E-state index contributed by atoms with van der Waals surface area (Å²) in [6, 6.07) is 14.5. The van der Waals surface area contributed by atoms with Crippen LogP contribution in [-0.4, -0.2) is 26.5 Å². The molecule has 2 aromatic carbocycles. The Kier molecular flexibility index (Phi) is 3.91. The maximum absolute atomic E-state index is 5.55. The van der Waals surface area contributed by atoms with Crippen molar-refractivity contribution in [3.8, 4) is 11.5 Å². The van der Waals surface area contributed by atoms with Crippen molar-refractivity contribution in [1.82, 2.24) is 0 Å². The summed E-state index contributed by atoms with van der Waals surface area (Å²) in [5.41, 5.74) is 4.79. The van der Waals surface area contributed by atoms with Crippen LogP contribution in [0.2, 0.25) is 0 Å². The highest BCUT2D eigenvalue weighted by atomic mass is 16.5. The molecular formula is C18H19NO2. The van der Waals surface area contributed by atoms with Gasteiger partial charge in [-0.25, -0.2) is 0 Å². The van der Waals surface area contributed by atoms with E-state index in [1.165, 1.54) is 16.7 Å². The van der Waals surface area contributed by atoms with E-state index in [2.05, 4.69) is 30.3 Å². The summed E-state index contributed by atoms with van der Waals surface area (Å²) < 4.78 is 10.9. The first-order valence-electron chi connectivity index (χ1n) is 7.15. The van der Waals surface area contributed by atoms with Crippen LogP contribution in [-0.2, 0) is 12.8 Å². The van der Waals surface area contributed by atoms with Crippen LogP contribution in [0.25, 0.3) is 0 Å². The molecule has 108 valence electrons. The highest BCUT2D eigenvalue weighted by Crippen LogP contribution is 2.35. The van der Waals surface area contributed by atoms with Crippen molar-refractivity contribution in [2.45, 2.75) is 12.8 Å². The first-order chi connectivity index (χ1) is 10.3. The number of ether oxygens (including phenoxy) is 2. The van der Waals surface area contributed by atoms with E-state index >= 15 is 0 Å². The Bertz CT molecular complexity index is 662. The molecule has 3 rings (SSSR count). The molecule has 1 aliphatic heterocycles. The van der Waals surface area contributed by atoms with Gasteiger partial charge in [0, 0.05) is 29.8 Å². The van der Waals surface area contributed by atoms with Crippen molar-refractivity contribution < 1.29 is 9.47 Å². The topological polar surface area (TPSA) is 30.8 Å². The van der Waals surface area contributed by atoms with Gasteiger partial charge in [-0.1, -0.05) is 30.3 Å². The molecular weight excluding hydrogens is 262 g/mol. The predicted molar refractivity (Wildman–Crippen MR) is 84.8 cm³/mol. The molecule has 0 N–H and O–H groups in total. The van der Waals surface area contributed by atoms with Crippen LogP contribution in [0.3, 0.4) is 0 Å². The minimum absolute atomic E-state index is 0.789. The van der Waals surface area contributed by atoms with Gasteiger partial charge < -0.3 is 9.47 Å². The third-order valence-electron chi connectivity index (χ3n) is 3.84. The number of rotatable bonds is 4. The van der Waals surface area contributed by atoms with E-state index in [0.717, 1.165) is 36.6 Å². The largest absolute Gasteiger partial charge is 0.493 e. The number of fused-ring (bicyclic) bond motifs is 1. The van der Waals surface area contributed by atoms with Crippen molar-refractivity contribution in [2.75, 3.05) is 20.8 Å². The molecule has 0 aromatic heterocycles. The fraction of sp³-hybridized carbons (Fsp3) is 0.278. The smallest absolute Gasteiger partial charge is 0.164 e. The van der Waals surface area contributed by atoms with Gasteiger partial charge in [0.05, 0.1) is 14.2 Å². The fourth-order valence-corrected chi connectivity index (χ4v) is 2.84. The van der Waals surface area contributed by atoms with Gasteiger partial charge >= 0.3 is 0 Å². The zero-order chi connectivity index (χ0) is 14.7. The van der Waals surface area contributed by atoms with Crippen LogP contribution < -0.4 is 9.47 Å². The normalized spacial score (nSPS) is 13.3. The van der Waals surface area contributed by atoms with Crippen LogP contribution in [0.15, 0.2) is 47.5 Å². The zero-order valence-corrected chi connectivity index (χ0v) is 12.4. The van der Waals surface area contributed by atoms with E-state index in [1.807, 2.05) is 12.1 Å². The van der Waals surface area contributed by atoms with Crippen LogP contribution in [0.1, 0.15) is 16.7 Å². The summed E-state index contributed by atoms with van der Waals surface area (Å²) in [5, 5.41) is 0. The van der Waals surface area contributed by atoms with Crippen molar-refractivity contribution >= 4 is 5.71 Å². The molecule has 0 aliphatic carbocycles. The van der Waals surface area contributed by atoms with Gasteiger partial charge in [-0.05, 0) is 24.1 Å². The SMILES string of the molecule is COc1ccc2c(c1OC)CCN=C2Cc1ccccc1. The molecule has 0 saturated carbocycles. The molecule has 0 bridgehead atoms. The summed E-state index contributed by atoms with van der Waals surface area (Å²) in [7, 11) is 3.37. The number of hydrogen-bond donors (Lipinski definition) is 0. The number of hydrogen-bond acceptors (Lipinski definition) is 3. The zero-order valence-electron chi connectivity index (χ0n) is 12.4. The lowest BCUT2D eigenvalue weighted by Gasteiger charge is -2.21. The fourth-order valence-electron chi connectivity index (χ4n) is 2.84. The third-order valence-corrected chi connectivity index (χ3v) is 3.84. The Morgan fingerprint density at radius 1 is 1.00 bits per heavy atom. The van der Waals surface area contributed by atoms with E-state index in [9.17, 15) is 0 Å². The molecule has 0 radical (unpaired) electrons. The molecule has 0 fully saturated rings. The summed E-state index contributed by atoms with van der Waals surface area (Å²) in [5.74, 6) is 1.63. The Labute approximate surface area is 125 Å². The summed E-state index contributed by atoms with van der Waals surface area (Å²) in [6.07, 6.45) is 1.75. The Hall–Kier alpha value is -2.29. The maximum Gasteiger partial charge on any atom is 0.164 e. The monoisotopic (exact) mass is 281 g/mol. The first kappa shape index (κ1) is 13.7. The first-order valence-corrected chi connectivity index (χ1v) is 7.15. The molecule has 21 heavy (non-hydrogen) atoms. The van der Waals surface area contributed by atoms with Gasteiger partial charge in [0.15, 0.2) is 11.5 Å². The second-order valence-electron chi connectivity index (χ2n) is 5.07. The second kappa shape index (κ2) is 6.00. The Balaban J connectivity index is 1.99. The van der Waals surface area contributed by atoms with Crippen molar-refractivity contribution in [1.29, 1.82) is 0 Å². The van der Waals surface area contributed by atoms with Crippen LogP contribution >= 0.6 is 0 Å². The molecule has 0 spiro atoms. The lowest BCUT2D eigenvalue weighted by molar-refractivity contribution is 0.351. The van der Waals surface area contributed by atoms with E-state index in [4.69, 9.17) is 14.5 Å². The van der Waals surface area contributed by atoms with Gasteiger partial charge in [0.1, 0.15) is 0 Å². The van der Waals surface area contributed by atoms with Crippen molar-refractivity contribution in [2.24, 2.45) is 4.99 Å². The molecule has 0 amide bonds. The van der Waals surface area contributed by atoms with Crippen molar-refractivity contribution in [3.05, 3.63) is 59.2 Å². The minimum Gasteiger partial charge on any atom is -0.493 e. The molecule has 1 heterocycles. The highest BCUT2D eigenvalue weighted by molar-refractivity contribution is 6.04. The number of methoxy groups -OCH3 is 2. The predicted octanol–water partition coefficient (Wildman–Crippen LogP) is 3.29. The minimum atomic E-state index is 0.789. The van der Waals surface area contributed by atoms with Crippen LogP contribution in [0, 0.1) is 0 Å². The third kappa shape index (κ3) is 2.64. The summed E-state index contributed by atoms with van der Waals surface area (Å²) in [4.78, 5) is 4.72. The molecule has 1 aliphatic rings. The standard InChI is InChI=1S/C18H19NO2/c1-20-17-9-8-14-15(18(17)21-2)10-11-19-16(14)12-13-6-4-3-5-7-13/h3-9H,10-12H2,1-2H3. The molecule has 0 saturated heterocycles. The molecule has 3 nitrogen and oxygen atoms in total. The lowest BCUT2D eigenvalue weighted by Crippen LogP contribution is -2.16. The van der Waals surface area contributed by atoms with E-state index in [1.54, 1.807) is 14.2 Å². The number of benzene rings is 2. The average Bonchev–Trinajstić information content (AvgIpc) is 2.55. The Morgan fingerprint density at radius 3 is 2.52 bits per heavy atom. The average molecular weight is 281 g/mol. The second-order valence-corrected chi connectivity index (χ2v) is 5.07. The number of nitrogens with zero attached hydrogens (tertiary/aromatic N) is 1. The van der Waals surface area contributed by atoms with Gasteiger partial charge in [0.25, 0.3) is 0 Å². The maximum atomic E-state index is 5.55. The quantitative estimate of drug-likeness (QED) is 0.861. The molecule has 2 aromatic rings.